The molecule has 1 aromatic rings. The van der Waals surface area contributed by atoms with Crippen LogP contribution >= 0.6 is 11.6 Å². The Morgan fingerprint density at radius 3 is 2.67 bits per heavy atom. The Morgan fingerprint density at radius 2 is 2.00 bits per heavy atom. The van der Waals surface area contributed by atoms with Crippen LogP contribution in [-0.2, 0) is 11.3 Å². The molecule has 0 aliphatic heterocycles. The number of rotatable bonds is 8. The molecule has 4 N–H and O–H groups in total. The highest BCUT2D eigenvalue weighted by molar-refractivity contribution is 6.31. The molecule has 2 atom stereocenters. The summed E-state index contributed by atoms with van der Waals surface area (Å²) in [6, 6.07) is 4.27. The zero-order valence-corrected chi connectivity index (χ0v) is 15.3. The summed E-state index contributed by atoms with van der Waals surface area (Å²) in [5.74, 6) is 1.26. The van der Waals surface area contributed by atoms with Crippen LogP contribution in [0.4, 0.5) is 0 Å². The molecular weight excluding hydrogens is 328 g/mol. The first kappa shape index (κ1) is 18.9. The van der Waals surface area contributed by atoms with Gasteiger partial charge in [0.2, 0.25) is 0 Å². The number of quaternary nitrogens is 1. The molecule has 1 fully saturated rings. The van der Waals surface area contributed by atoms with Crippen LogP contribution in [0.3, 0.4) is 0 Å². The van der Waals surface area contributed by atoms with Crippen molar-refractivity contribution >= 4 is 17.5 Å². The van der Waals surface area contributed by atoms with Crippen LogP contribution in [0.2, 0.25) is 5.02 Å². The predicted molar refractivity (Wildman–Crippen MR) is 94.4 cm³/mol. The monoisotopic (exact) mass is 355 g/mol. The standard InChI is InChI=1S/C18H27ClN2O3/c1-3-23-16-8-13(10-21-15-7-5-4-6-12(15)2)14(19)9-17(16)24-11-18(20)22/h8-9,12,15,21H,3-7,10-11H2,1-2H3,(H2,20,22)/p+1/t12-,15+/m0/s1. The molecule has 6 heteroatoms. The van der Waals surface area contributed by atoms with Gasteiger partial charge in [0, 0.05) is 17.5 Å². The molecule has 1 amide bonds. The van der Waals surface area contributed by atoms with E-state index in [9.17, 15) is 4.79 Å². The molecule has 0 heterocycles. The average molecular weight is 356 g/mol. The van der Waals surface area contributed by atoms with E-state index in [-0.39, 0.29) is 6.61 Å². The fraction of sp³-hybridized carbons (Fsp3) is 0.611. The van der Waals surface area contributed by atoms with Crippen molar-refractivity contribution in [3.8, 4) is 11.5 Å². The highest BCUT2D eigenvalue weighted by Crippen LogP contribution is 2.33. The van der Waals surface area contributed by atoms with Gasteiger partial charge in [0.1, 0.15) is 6.54 Å². The summed E-state index contributed by atoms with van der Waals surface area (Å²) < 4.78 is 11.0. The second kappa shape index (κ2) is 9.14. The number of carbonyl (C=O) groups is 1. The Morgan fingerprint density at radius 1 is 1.29 bits per heavy atom. The third-order valence-electron chi connectivity index (χ3n) is 4.60. The summed E-state index contributed by atoms with van der Waals surface area (Å²) in [5.41, 5.74) is 6.15. The lowest BCUT2D eigenvalue weighted by Crippen LogP contribution is -2.90. The number of amides is 1. The summed E-state index contributed by atoms with van der Waals surface area (Å²) in [6.45, 7) is 5.36. The normalized spacial score (nSPS) is 20.6. The van der Waals surface area contributed by atoms with Gasteiger partial charge in [0.15, 0.2) is 18.1 Å². The molecule has 2 rings (SSSR count). The van der Waals surface area contributed by atoms with E-state index < -0.39 is 5.91 Å². The summed E-state index contributed by atoms with van der Waals surface area (Å²) in [5, 5.41) is 3.00. The van der Waals surface area contributed by atoms with E-state index in [1.807, 2.05) is 13.0 Å². The van der Waals surface area contributed by atoms with Crippen molar-refractivity contribution in [2.24, 2.45) is 11.7 Å². The van der Waals surface area contributed by atoms with Crippen molar-refractivity contribution in [1.82, 2.24) is 0 Å². The second-order valence-corrected chi connectivity index (χ2v) is 6.85. The van der Waals surface area contributed by atoms with E-state index in [1.54, 1.807) is 6.07 Å². The van der Waals surface area contributed by atoms with E-state index in [4.69, 9.17) is 26.8 Å². The first-order valence-corrected chi connectivity index (χ1v) is 9.08. The average Bonchev–Trinajstić information content (AvgIpc) is 2.55. The number of halogens is 1. The molecule has 5 nitrogen and oxygen atoms in total. The molecule has 1 aliphatic carbocycles. The molecule has 1 aromatic carbocycles. The van der Waals surface area contributed by atoms with Gasteiger partial charge in [-0.2, -0.15) is 0 Å². The fourth-order valence-electron chi connectivity index (χ4n) is 3.24. The van der Waals surface area contributed by atoms with E-state index in [1.165, 1.54) is 25.7 Å². The maximum atomic E-state index is 10.9. The quantitative estimate of drug-likeness (QED) is 0.750. The number of hydrogen-bond donors (Lipinski definition) is 2. The van der Waals surface area contributed by atoms with Crippen LogP contribution in [0.15, 0.2) is 12.1 Å². The molecule has 134 valence electrons. The highest BCUT2D eigenvalue weighted by atomic mass is 35.5. The maximum Gasteiger partial charge on any atom is 0.255 e. The van der Waals surface area contributed by atoms with Gasteiger partial charge in [-0.05, 0) is 32.3 Å². The number of primary amides is 1. The molecule has 0 radical (unpaired) electrons. The Kier molecular flexibility index (Phi) is 7.18. The highest BCUT2D eigenvalue weighted by Gasteiger charge is 2.24. The fourth-order valence-corrected chi connectivity index (χ4v) is 3.47. The Balaban J connectivity index is 2.08. The van der Waals surface area contributed by atoms with Gasteiger partial charge >= 0.3 is 0 Å². The molecular formula is C18H28ClN2O3+. The van der Waals surface area contributed by atoms with Crippen LogP contribution in [0.25, 0.3) is 0 Å². The van der Waals surface area contributed by atoms with Gasteiger partial charge in [0.05, 0.1) is 17.7 Å². The topological polar surface area (TPSA) is 78.2 Å². The Labute approximate surface area is 148 Å². The van der Waals surface area contributed by atoms with Gasteiger partial charge in [-0.1, -0.05) is 24.9 Å². The molecule has 1 saturated carbocycles. The first-order valence-electron chi connectivity index (χ1n) is 8.71. The minimum Gasteiger partial charge on any atom is -0.490 e. The second-order valence-electron chi connectivity index (χ2n) is 6.44. The van der Waals surface area contributed by atoms with E-state index in [2.05, 4.69) is 12.2 Å². The SMILES string of the molecule is CCOc1cc(C[NH2+][C@@H]2CCCC[C@@H]2C)c(Cl)cc1OCC(N)=O. The minimum absolute atomic E-state index is 0.193. The van der Waals surface area contributed by atoms with Crippen LogP contribution < -0.4 is 20.5 Å². The number of nitrogens with two attached hydrogens (primary N) is 2. The van der Waals surface area contributed by atoms with E-state index >= 15 is 0 Å². The number of carbonyl (C=O) groups excluding carboxylic acids is 1. The predicted octanol–water partition coefficient (Wildman–Crippen LogP) is 2.24. The van der Waals surface area contributed by atoms with Crippen LogP contribution in [0.5, 0.6) is 11.5 Å². The van der Waals surface area contributed by atoms with Crippen LogP contribution in [-0.4, -0.2) is 25.2 Å². The van der Waals surface area contributed by atoms with E-state index in [0.29, 0.717) is 29.2 Å². The van der Waals surface area contributed by atoms with Gasteiger partial charge in [-0.3, -0.25) is 4.79 Å². The molecule has 0 bridgehead atoms. The van der Waals surface area contributed by atoms with Gasteiger partial charge in [0.25, 0.3) is 5.91 Å². The maximum absolute atomic E-state index is 10.9. The van der Waals surface area contributed by atoms with E-state index in [0.717, 1.165) is 18.0 Å². The summed E-state index contributed by atoms with van der Waals surface area (Å²) in [7, 11) is 0. The molecule has 0 aromatic heterocycles. The van der Waals surface area contributed by atoms with Gasteiger partial charge < -0.3 is 20.5 Å². The van der Waals surface area contributed by atoms with Gasteiger partial charge in [-0.15, -0.1) is 0 Å². The molecule has 0 spiro atoms. The zero-order valence-electron chi connectivity index (χ0n) is 14.5. The summed E-state index contributed by atoms with van der Waals surface area (Å²) in [4.78, 5) is 10.9. The minimum atomic E-state index is -0.530. The number of hydrogen-bond acceptors (Lipinski definition) is 3. The van der Waals surface area contributed by atoms with Crippen molar-refractivity contribution in [3.63, 3.8) is 0 Å². The van der Waals surface area contributed by atoms with Crippen molar-refractivity contribution in [1.29, 1.82) is 0 Å². The molecule has 0 unspecified atom stereocenters. The number of ether oxygens (including phenoxy) is 2. The lowest BCUT2D eigenvalue weighted by Gasteiger charge is -2.27. The Hall–Kier alpha value is -1.46. The van der Waals surface area contributed by atoms with Gasteiger partial charge in [-0.25, -0.2) is 0 Å². The van der Waals surface area contributed by atoms with Crippen molar-refractivity contribution in [2.45, 2.75) is 52.1 Å². The summed E-state index contributed by atoms with van der Waals surface area (Å²) >= 11 is 6.40. The van der Waals surface area contributed by atoms with Crippen molar-refractivity contribution < 1.29 is 19.6 Å². The third kappa shape index (κ3) is 5.28. The molecule has 0 saturated heterocycles. The molecule has 1 aliphatic rings. The Bertz CT molecular complexity index is 565. The lowest BCUT2D eigenvalue weighted by atomic mass is 9.86. The summed E-state index contributed by atoms with van der Waals surface area (Å²) in [6.07, 6.45) is 5.21. The van der Waals surface area contributed by atoms with Crippen molar-refractivity contribution in [2.75, 3.05) is 13.2 Å². The van der Waals surface area contributed by atoms with Crippen LogP contribution in [0, 0.1) is 5.92 Å². The molecule has 24 heavy (non-hydrogen) atoms. The van der Waals surface area contributed by atoms with Crippen molar-refractivity contribution in [3.05, 3.63) is 22.7 Å². The number of benzene rings is 1. The first-order chi connectivity index (χ1) is 11.5. The third-order valence-corrected chi connectivity index (χ3v) is 4.95. The smallest absolute Gasteiger partial charge is 0.255 e. The van der Waals surface area contributed by atoms with Crippen LogP contribution in [0.1, 0.15) is 45.1 Å². The lowest BCUT2D eigenvalue weighted by molar-refractivity contribution is -0.712. The largest absolute Gasteiger partial charge is 0.490 e. The zero-order chi connectivity index (χ0) is 17.5.